The summed E-state index contributed by atoms with van der Waals surface area (Å²) >= 11 is 0. The Kier molecular flexibility index (Phi) is 7.03. The van der Waals surface area contributed by atoms with Gasteiger partial charge in [-0.1, -0.05) is 26.8 Å². The van der Waals surface area contributed by atoms with Crippen LogP contribution in [0.3, 0.4) is 0 Å². The molecule has 0 aliphatic carbocycles. The molecule has 0 saturated heterocycles. The molecule has 0 aromatic carbocycles. The number of nitrogens with zero attached hydrogens (tertiary/aromatic N) is 2. The number of hydrogen-bond donors (Lipinski definition) is 1. The van der Waals surface area contributed by atoms with Gasteiger partial charge in [-0.3, -0.25) is 9.88 Å². The van der Waals surface area contributed by atoms with Crippen molar-refractivity contribution in [3.05, 3.63) is 29.6 Å². The molecule has 3 nitrogen and oxygen atoms in total. The first-order chi connectivity index (χ1) is 9.02. The van der Waals surface area contributed by atoms with Crippen LogP contribution in [0.2, 0.25) is 0 Å². The van der Waals surface area contributed by atoms with Crippen molar-refractivity contribution in [2.75, 3.05) is 13.6 Å². The molecule has 108 valence electrons. The second-order valence-electron chi connectivity index (χ2n) is 5.85. The van der Waals surface area contributed by atoms with Crippen molar-refractivity contribution in [2.24, 2.45) is 5.92 Å². The molecule has 0 radical (unpaired) electrons. The van der Waals surface area contributed by atoms with Crippen LogP contribution in [-0.4, -0.2) is 29.5 Å². The number of nitrogens with one attached hydrogen (secondary N) is 1. The molecule has 19 heavy (non-hydrogen) atoms. The van der Waals surface area contributed by atoms with Gasteiger partial charge in [-0.05, 0) is 44.5 Å². The second-order valence-corrected chi connectivity index (χ2v) is 5.85. The Balaban J connectivity index is 2.43. The zero-order valence-electron chi connectivity index (χ0n) is 13.1. The standard InChI is InChI=1S/C16H29N3/c1-6-14(4)19(5)12-16-8-7-15(11-18-16)10-17-9-13(2)3/h7-8,11,13-14,17H,6,9-10,12H2,1-5H3. The molecule has 1 heterocycles. The van der Waals surface area contributed by atoms with Crippen LogP contribution >= 0.6 is 0 Å². The average Bonchev–Trinajstić information content (AvgIpc) is 2.39. The van der Waals surface area contributed by atoms with E-state index in [0.717, 1.165) is 25.3 Å². The van der Waals surface area contributed by atoms with Gasteiger partial charge < -0.3 is 5.32 Å². The van der Waals surface area contributed by atoms with Crippen LogP contribution in [0.5, 0.6) is 0 Å². The fourth-order valence-electron chi connectivity index (χ4n) is 1.88. The summed E-state index contributed by atoms with van der Waals surface area (Å²) in [6.07, 6.45) is 3.17. The Hall–Kier alpha value is -0.930. The predicted molar refractivity (Wildman–Crippen MR) is 82.0 cm³/mol. The van der Waals surface area contributed by atoms with E-state index in [0.29, 0.717) is 12.0 Å². The van der Waals surface area contributed by atoms with Gasteiger partial charge in [0.25, 0.3) is 0 Å². The van der Waals surface area contributed by atoms with E-state index in [1.54, 1.807) is 0 Å². The van der Waals surface area contributed by atoms with Gasteiger partial charge in [-0.25, -0.2) is 0 Å². The maximum Gasteiger partial charge on any atom is 0.0544 e. The van der Waals surface area contributed by atoms with Crippen LogP contribution in [-0.2, 0) is 13.1 Å². The maximum atomic E-state index is 4.55. The number of pyridine rings is 1. The van der Waals surface area contributed by atoms with E-state index in [2.05, 4.69) is 62.1 Å². The number of aromatic nitrogens is 1. The van der Waals surface area contributed by atoms with Crippen molar-refractivity contribution < 1.29 is 0 Å². The SMILES string of the molecule is CCC(C)N(C)Cc1ccc(CNCC(C)C)cn1. The lowest BCUT2D eigenvalue weighted by molar-refractivity contribution is 0.241. The van der Waals surface area contributed by atoms with E-state index in [1.165, 1.54) is 12.0 Å². The van der Waals surface area contributed by atoms with Crippen molar-refractivity contribution in [1.29, 1.82) is 0 Å². The van der Waals surface area contributed by atoms with Gasteiger partial charge in [-0.15, -0.1) is 0 Å². The van der Waals surface area contributed by atoms with Gasteiger partial charge in [0.05, 0.1) is 5.69 Å². The highest BCUT2D eigenvalue weighted by Gasteiger charge is 2.07. The molecule has 0 bridgehead atoms. The van der Waals surface area contributed by atoms with Crippen molar-refractivity contribution in [3.8, 4) is 0 Å². The molecule has 3 heteroatoms. The van der Waals surface area contributed by atoms with E-state index in [4.69, 9.17) is 0 Å². The summed E-state index contributed by atoms with van der Waals surface area (Å²) < 4.78 is 0. The molecule has 1 aromatic rings. The van der Waals surface area contributed by atoms with Gasteiger partial charge in [0.2, 0.25) is 0 Å². The highest BCUT2D eigenvalue weighted by Crippen LogP contribution is 2.07. The zero-order chi connectivity index (χ0) is 14.3. The number of rotatable bonds is 8. The molecule has 0 saturated carbocycles. The van der Waals surface area contributed by atoms with Gasteiger partial charge in [0, 0.05) is 25.3 Å². The van der Waals surface area contributed by atoms with Crippen LogP contribution in [0.1, 0.15) is 45.4 Å². The molecule has 0 fully saturated rings. The lowest BCUT2D eigenvalue weighted by Gasteiger charge is -2.22. The molecule has 1 aromatic heterocycles. The van der Waals surface area contributed by atoms with Crippen LogP contribution in [0.4, 0.5) is 0 Å². The Morgan fingerprint density at radius 2 is 2.00 bits per heavy atom. The molecule has 1 rings (SSSR count). The fraction of sp³-hybridized carbons (Fsp3) is 0.688. The van der Waals surface area contributed by atoms with E-state index < -0.39 is 0 Å². The first kappa shape index (κ1) is 16.1. The van der Waals surface area contributed by atoms with Gasteiger partial charge in [0.1, 0.15) is 0 Å². The Bertz CT molecular complexity index is 346. The molecular weight excluding hydrogens is 234 g/mol. The zero-order valence-corrected chi connectivity index (χ0v) is 13.1. The molecule has 0 amide bonds. The monoisotopic (exact) mass is 263 g/mol. The molecular formula is C16H29N3. The average molecular weight is 263 g/mol. The first-order valence-corrected chi connectivity index (χ1v) is 7.37. The molecule has 1 atom stereocenters. The summed E-state index contributed by atoms with van der Waals surface area (Å²) in [5.41, 5.74) is 2.41. The van der Waals surface area contributed by atoms with Crippen LogP contribution in [0, 0.1) is 5.92 Å². The van der Waals surface area contributed by atoms with Crippen LogP contribution in [0.25, 0.3) is 0 Å². The first-order valence-electron chi connectivity index (χ1n) is 7.37. The van der Waals surface area contributed by atoms with Gasteiger partial charge in [-0.2, -0.15) is 0 Å². The molecule has 0 aliphatic rings. The minimum atomic E-state index is 0.606. The topological polar surface area (TPSA) is 28.2 Å². The smallest absolute Gasteiger partial charge is 0.0544 e. The van der Waals surface area contributed by atoms with Gasteiger partial charge in [0.15, 0.2) is 0 Å². The summed E-state index contributed by atoms with van der Waals surface area (Å²) in [5.74, 6) is 0.691. The minimum absolute atomic E-state index is 0.606. The van der Waals surface area contributed by atoms with E-state index in [-0.39, 0.29) is 0 Å². The fourth-order valence-corrected chi connectivity index (χ4v) is 1.88. The highest BCUT2D eigenvalue weighted by molar-refractivity contribution is 5.14. The van der Waals surface area contributed by atoms with Crippen LogP contribution in [0.15, 0.2) is 18.3 Å². The largest absolute Gasteiger partial charge is 0.312 e. The molecule has 1 unspecified atom stereocenters. The van der Waals surface area contributed by atoms with Crippen molar-refractivity contribution in [2.45, 2.75) is 53.2 Å². The van der Waals surface area contributed by atoms with Crippen molar-refractivity contribution in [1.82, 2.24) is 15.2 Å². The third-order valence-electron chi connectivity index (χ3n) is 3.52. The van der Waals surface area contributed by atoms with Crippen molar-refractivity contribution in [3.63, 3.8) is 0 Å². The summed E-state index contributed by atoms with van der Waals surface area (Å²) in [6, 6.07) is 4.93. The third-order valence-corrected chi connectivity index (χ3v) is 3.52. The lowest BCUT2D eigenvalue weighted by atomic mass is 10.2. The summed E-state index contributed by atoms with van der Waals surface area (Å²) in [6.45, 7) is 11.8. The minimum Gasteiger partial charge on any atom is -0.312 e. The predicted octanol–water partition coefficient (Wildman–Crippen LogP) is 3.06. The number of hydrogen-bond acceptors (Lipinski definition) is 3. The third kappa shape index (κ3) is 6.17. The Morgan fingerprint density at radius 3 is 2.53 bits per heavy atom. The van der Waals surface area contributed by atoms with Gasteiger partial charge >= 0.3 is 0 Å². The molecule has 0 aliphatic heterocycles. The summed E-state index contributed by atoms with van der Waals surface area (Å²) in [4.78, 5) is 6.90. The summed E-state index contributed by atoms with van der Waals surface area (Å²) in [5, 5.41) is 3.44. The maximum absolute atomic E-state index is 4.55. The Labute approximate surface area is 118 Å². The lowest BCUT2D eigenvalue weighted by Crippen LogP contribution is -2.28. The quantitative estimate of drug-likeness (QED) is 0.781. The van der Waals surface area contributed by atoms with E-state index in [9.17, 15) is 0 Å². The molecule has 1 N–H and O–H groups in total. The van der Waals surface area contributed by atoms with E-state index in [1.807, 2.05) is 6.20 Å². The van der Waals surface area contributed by atoms with E-state index >= 15 is 0 Å². The van der Waals surface area contributed by atoms with Crippen molar-refractivity contribution >= 4 is 0 Å². The second kappa shape index (κ2) is 8.28. The normalized spacial score (nSPS) is 13.2. The molecule has 0 spiro atoms. The summed E-state index contributed by atoms with van der Waals surface area (Å²) in [7, 11) is 2.16. The van der Waals surface area contributed by atoms with Crippen LogP contribution < -0.4 is 5.32 Å². The Morgan fingerprint density at radius 1 is 1.26 bits per heavy atom. The highest BCUT2D eigenvalue weighted by atomic mass is 15.1.